The van der Waals surface area contributed by atoms with Gasteiger partial charge in [0.2, 0.25) is 5.91 Å². The highest BCUT2D eigenvalue weighted by Crippen LogP contribution is 2.12. The maximum absolute atomic E-state index is 12.3. The minimum absolute atomic E-state index is 0.381. The monoisotopic (exact) mass is 563 g/mol. The summed E-state index contributed by atoms with van der Waals surface area (Å²) in [5.41, 5.74) is 0. The van der Waals surface area contributed by atoms with Gasteiger partial charge in [0.25, 0.3) is 0 Å². The van der Waals surface area contributed by atoms with Crippen molar-refractivity contribution in [3.8, 4) is 0 Å². The van der Waals surface area contributed by atoms with Gasteiger partial charge in [-0.1, -0.05) is 147 Å². The molecule has 0 saturated carbocycles. The van der Waals surface area contributed by atoms with Gasteiger partial charge in [-0.05, 0) is 44.9 Å². The van der Waals surface area contributed by atoms with Crippen molar-refractivity contribution in [3.05, 3.63) is 36.5 Å². The van der Waals surface area contributed by atoms with Crippen LogP contribution in [0.3, 0.4) is 0 Å². The Balaban J connectivity index is 3.87. The van der Waals surface area contributed by atoms with Gasteiger partial charge in [-0.25, -0.2) is 0 Å². The number of nitrogens with one attached hydrogen (secondary N) is 1. The van der Waals surface area contributed by atoms with Crippen LogP contribution in [0.5, 0.6) is 0 Å². The average molecular weight is 564 g/mol. The van der Waals surface area contributed by atoms with E-state index in [0.717, 1.165) is 44.9 Å². The Morgan fingerprint density at radius 1 is 0.600 bits per heavy atom. The van der Waals surface area contributed by atoms with Crippen LogP contribution >= 0.6 is 0 Å². The van der Waals surface area contributed by atoms with Gasteiger partial charge >= 0.3 is 0 Å². The van der Waals surface area contributed by atoms with Crippen molar-refractivity contribution in [1.82, 2.24) is 5.32 Å². The van der Waals surface area contributed by atoms with Gasteiger partial charge in [0, 0.05) is 0 Å². The Morgan fingerprint density at radius 2 is 1.02 bits per heavy atom. The molecule has 4 N–H and O–H groups in total. The SMILES string of the molecule is CCCCCCCCC/C=C/CC/C=C/CC/C=C/C(O)C(CO)NC(=O)C(O)CCCCCCCCCCC. The molecule has 0 aromatic heterocycles. The van der Waals surface area contributed by atoms with Gasteiger partial charge in [-0.15, -0.1) is 0 Å². The molecule has 0 aliphatic carbocycles. The molecule has 1 amide bonds. The number of aliphatic hydroxyl groups excluding tert-OH is 3. The number of rotatable bonds is 29. The Bertz CT molecular complexity index is 631. The van der Waals surface area contributed by atoms with Crippen molar-refractivity contribution in [2.45, 2.75) is 173 Å². The summed E-state index contributed by atoms with van der Waals surface area (Å²) in [5.74, 6) is -0.523. The molecule has 0 aromatic carbocycles. The fourth-order valence-electron chi connectivity index (χ4n) is 4.74. The quantitative estimate of drug-likeness (QED) is 0.0543. The summed E-state index contributed by atoms with van der Waals surface area (Å²) < 4.78 is 0. The Hall–Kier alpha value is -1.43. The predicted molar refractivity (Wildman–Crippen MR) is 171 cm³/mol. The van der Waals surface area contributed by atoms with Gasteiger partial charge in [0.05, 0.1) is 18.8 Å². The smallest absolute Gasteiger partial charge is 0.249 e. The summed E-state index contributed by atoms with van der Waals surface area (Å²) >= 11 is 0. The van der Waals surface area contributed by atoms with E-state index < -0.39 is 24.2 Å². The first kappa shape index (κ1) is 38.6. The highest BCUT2D eigenvalue weighted by atomic mass is 16.3. The molecular formula is C35H65NO4. The molecule has 0 heterocycles. The van der Waals surface area contributed by atoms with Gasteiger partial charge in [-0.2, -0.15) is 0 Å². The van der Waals surface area contributed by atoms with Crippen LogP contribution in [0, 0.1) is 0 Å². The summed E-state index contributed by atoms with van der Waals surface area (Å²) in [6.45, 7) is 4.10. The Labute approximate surface area is 247 Å². The van der Waals surface area contributed by atoms with Crippen LogP contribution < -0.4 is 5.32 Å². The van der Waals surface area contributed by atoms with E-state index in [9.17, 15) is 20.1 Å². The summed E-state index contributed by atoms with van der Waals surface area (Å²) in [4.78, 5) is 12.3. The van der Waals surface area contributed by atoms with E-state index in [0.29, 0.717) is 6.42 Å². The fraction of sp³-hybridized carbons (Fsp3) is 0.800. The molecule has 40 heavy (non-hydrogen) atoms. The predicted octanol–water partition coefficient (Wildman–Crippen LogP) is 8.48. The molecule has 0 radical (unpaired) electrons. The maximum atomic E-state index is 12.3. The molecule has 5 nitrogen and oxygen atoms in total. The number of amides is 1. The van der Waals surface area contributed by atoms with Crippen molar-refractivity contribution in [3.63, 3.8) is 0 Å². The van der Waals surface area contributed by atoms with Crippen molar-refractivity contribution in [2.75, 3.05) is 6.61 Å². The zero-order valence-electron chi connectivity index (χ0n) is 26.2. The Morgan fingerprint density at radius 3 is 1.52 bits per heavy atom. The van der Waals surface area contributed by atoms with E-state index in [4.69, 9.17) is 0 Å². The summed E-state index contributed by atoms with van der Waals surface area (Å²) in [5, 5.41) is 32.7. The number of aliphatic hydroxyl groups is 3. The number of carbonyl (C=O) groups excluding carboxylic acids is 1. The second-order valence-corrected chi connectivity index (χ2v) is 11.4. The van der Waals surface area contributed by atoms with Gasteiger partial charge in [0.15, 0.2) is 0 Å². The van der Waals surface area contributed by atoms with Crippen LogP contribution in [0.4, 0.5) is 0 Å². The average Bonchev–Trinajstić information content (AvgIpc) is 2.96. The summed E-state index contributed by atoms with van der Waals surface area (Å²) in [6.07, 6.45) is 35.9. The number of allylic oxidation sites excluding steroid dienone is 5. The van der Waals surface area contributed by atoms with Gasteiger partial charge in [-0.3, -0.25) is 4.79 Å². The highest BCUT2D eigenvalue weighted by molar-refractivity contribution is 5.80. The molecule has 0 saturated heterocycles. The van der Waals surface area contributed by atoms with Crippen LogP contribution in [0.25, 0.3) is 0 Å². The van der Waals surface area contributed by atoms with E-state index >= 15 is 0 Å². The lowest BCUT2D eigenvalue weighted by Gasteiger charge is -2.21. The minimum Gasteiger partial charge on any atom is -0.394 e. The topological polar surface area (TPSA) is 89.8 Å². The normalized spacial score (nSPS) is 14.4. The molecular weight excluding hydrogens is 498 g/mol. The van der Waals surface area contributed by atoms with E-state index in [1.165, 1.54) is 89.9 Å². The van der Waals surface area contributed by atoms with Crippen LogP contribution in [0.2, 0.25) is 0 Å². The standard InChI is InChI=1S/C35H65NO4/c1-3-5-7-9-11-13-14-15-16-17-18-19-20-22-23-25-27-29-33(38)32(31-37)36-35(40)34(39)30-28-26-24-21-12-10-8-6-4-2/h16-17,20,22,27,29,32-34,37-39H,3-15,18-19,21,23-26,28,30-31H2,1-2H3,(H,36,40)/b17-16+,22-20+,29-27+. The van der Waals surface area contributed by atoms with Crippen molar-refractivity contribution < 1.29 is 20.1 Å². The Kier molecular flexibility index (Phi) is 29.4. The second-order valence-electron chi connectivity index (χ2n) is 11.4. The number of hydrogen-bond acceptors (Lipinski definition) is 4. The maximum Gasteiger partial charge on any atom is 0.249 e. The summed E-state index contributed by atoms with van der Waals surface area (Å²) in [6, 6.07) is -0.815. The lowest BCUT2D eigenvalue weighted by molar-refractivity contribution is -0.131. The third-order valence-electron chi connectivity index (χ3n) is 7.46. The summed E-state index contributed by atoms with van der Waals surface area (Å²) in [7, 11) is 0. The van der Waals surface area contributed by atoms with E-state index in [2.05, 4.69) is 43.5 Å². The van der Waals surface area contributed by atoms with E-state index in [1.54, 1.807) is 6.08 Å². The number of unbranched alkanes of at least 4 members (excludes halogenated alkanes) is 17. The number of hydrogen-bond donors (Lipinski definition) is 4. The van der Waals surface area contributed by atoms with E-state index in [1.807, 2.05) is 6.08 Å². The zero-order chi connectivity index (χ0) is 29.5. The largest absolute Gasteiger partial charge is 0.394 e. The van der Waals surface area contributed by atoms with Crippen LogP contribution in [0.1, 0.15) is 155 Å². The molecule has 3 unspecified atom stereocenters. The van der Waals surface area contributed by atoms with Gasteiger partial charge < -0.3 is 20.6 Å². The molecule has 0 aliphatic heterocycles. The first-order valence-electron chi connectivity index (χ1n) is 16.8. The molecule has 0 aliphatic rings. The van der Waals surface area contributed by atoms with Crippen LogP contribution in [-0.4, -0.2) is 46.1 Å². The van der Waals surface area contributed by atoms with Crippen LogP contribution in [0.15, 0.2) is 36.5 Å². The molecule has 0 rings (SSSR count). The highest BCUT2D eigenvalue weighted by Gasteiger charge is 2.22. The van der Waals surface area contributed by atoms with Crippen molar-refractivity contribution in [2.24, 2.45) is 0 Å². The van der Waals surface area contributed by atoms with E-state index in [-0.39, 0.29) is 6.61 Å². The minimum atomic E-state index is -1.10. The lowest BCUT2D eigenvalue weighted by Crippen LogP contribution is -2.48. The van der Waals surface area contributed by atoms with Crippen LogP contribution in [-0.2, 0) is 4.79 Å². The second kappa shape index (κ2) is 30.5. The molecule has 3 atom stereocenters. The molecule has 0 aromatic rings. The number of carbonyl (C=O) groups is 1. The fourth-order valence-corrected chi connectivity index (χ4v) is 4.74. The lowest BCUT2D eigenvalue weighted by atomic mass is 10.0. The third kappa shape index (κ3) is 25.5. The zero-order valence-corrected chi connectivity index (χ0v) is 26.2. The third-order valence-corrected chi connectivity index (χ3v) is 7.46. The van der Waals surface area contributed by atoms with Gasteiger partial charge in [0.1, 0.15) is 6.10 Å². The first-order valence-corrected chi connectivity index (χ1v) is 16.8. The first-order chi connectivity index (χ1) is 19.6. The molecule has 0 fully saturated rings. The van der Waals surface area contributed by atoms with Crippen molar-refractivity contribution >= 4 is 5.91 Å². The molecule has 0 bridgehead atoms. The molecule has 0 spiro atoms. The molecule has 5 heteroatoms. The molecule has 234 valence electrons. The van der Waals surface area contributed by atoms with Crippen molar-refractivity contribution in [1.29, 1.82) is 0 Å².